The Hall–Kier alpha value is -2.15. The fourth-order valence-corrected chi connectivity index (χ4v) is 3.80. The maximum atomic E-state index is 12.3. The summed E-state index contributed by atoms with van der Waals surface area (Å²) < 4.78 is 11.3. The van der Waals surface area contributed by atoms with Crippen LogP contribution < -0.4 is 10.6 Å². The lowest BCUT2D eigenvalue weighted by Gasteiger charge is -2.26. The first-order valence-corrected chi connectivity index (χ1v) is 10.7. The number of carbonyl (C=O) groups is 1. The largest absolute Gasteiger partial charge is 0.464 e. The van der Waals surface area contributed by atoms with Crippen molar-refractivity contribution < 1.29 is 13.9 Å². The highest BCUT2D eigenvalue weighted by atomic mass is 16.5. The molecule has 2 heterocycles. The van der Waals surface area contributed by atoms with Gasteiger partial charge in [0.25, 0.3) is 0 Å². The molecule has 0 bridgehead atoms. The summed E-state index contributed by atoms with van der Waals surface area (Å²) in [6.45, 7) is 7.81. The van der Waals surface area contributed by atoms with Gasteiger partial charge in [0, 0.05) is 44.2 Å². The maximum Gasteiger partial charge on any atom is 0.225 e. The summed E-state index contributed by atoms with van der Waals surface area (Å²) in [6.07, 6.45) is 1.74. The number of morpholine rings is 1. The third-order valence-corrected chi connectivity index (χ3v) is 5.76. The molecule has 6 nitrogen and oxygen atoms in total. The van der Waals surface area contributed by atoms with E-state index in [0.29, 0.717) is 18.9 Å². The first-order valence-electron chi connectivity index (χ1n) is 10.7. The summed E-state index contributed by atoms with van der Waals surface area (Å²) in [7, 11) is 0. The van der Waals surface area contributed by atoms with Gasteiger partial charge in [0.15, 0.2) is 0 Å². The summed E-state index contributed by atoms with van der Waals surface area (Å²) in [6, 6.07) is 12.2. The van der Waals surface area contributed by atoms with Gasteiger partial charge in [-0.3, -0.25) is 9.69 Å². The van der Waals surface area contributed by atoms with E-state index in [-0.39, 0.29) is 5.91 Å². The van der Waals surface area contributed by atoms with Crippen LogP contribution in [0, 0.1) is 5.92 Å². The monoisotopic (exact) mass is 397 g/mol. The van der Waals surface area contributed by atoms with Crippen molar-refractivity contribution in [3.05, 3.63) is 53.5 Å². The second-order valence-corrected chi connectivity index (χ2v) is 8.18. The molecule has 1 amide bonds. The van der Waals surface area contributed by atoms with Crippen molar-refractivity contribution in [3.8, 4) is 0 Å². The van der Waals surface area contributed by atoms with Crippen molar-refractivity contribution in [1.29, 1.82) is 0 Å². The minimum absolute atomic E-state index is 0.0546. The molecule has 1 aromatic heterocycles. The lowest BCUT2D eigenvalue weighted by Crippen LogP contribution is -2.38. The number of benzene rings is 1. The number of rotatable bonds is 9. The molecule has 2 N–H and O–H groups in total. The fourth-order valence-electron chi connectivity index (χ4n) is 3.80. The molecular formula is C23H31N3O3. The predicted molar refractivity (Wildman–Crippen MR) is 113 cm³/mol. The molecule has 2 fully saturated rings. The molecule has 1 aliphatic heterocycles. The van der Waals surface area contributed by atoms with Gasteiger partial charge >= 0.3 is 0 Å². The molecule has 2 aliphatic rings. The number of nitrogens with one attached hydrogen (secondary N) is 2. The molecule has 0 radical (unpaired) electrons. The Labute approximate surface area is 172 Å². The molecule has 156 valence electrons. The lowest BCUT2D eigenvalue weighted by atomic mass is 10.2. The van der Waals surface area contributed by atoms with Crippen LogP contribution in [0.3, 0.4) is 0 Å². The van der Waals surface area contributed by atoms with Gasteiger partial charge in [0.1, 0.15) is 11.5 Å². The van der Waals surface area contributed by atoms with Crippen molar-refractivity contribution in [3.63, 3.8) is 0 Å². The van der Waals surface area contributed by atoms with E-state index in [9.17, 15) is 4.79 Å². The summed E-state index contributed by atoms with van der Waals surface area (Å²) >= 11 is 0. The van der Waals surface area contributed by atoms with Crippen molar-refractivity contribution in [2.24, 2.45) is 5.92 Å². The van der Waals surface area contributed by atoms with Crippen LogP contribution in [0.25, 0.3) is 0 Å². The van der Waals surface area contributed by atoms with Gasteiger partial charge in [-0.1, -0.05) is 19.1 Å². The molecule has 2 unspecified atom stereocenters. The van der Waals surface area contributed by atoms with Gasteiger partial charge in [-0.2, -0.15) is 0 Å². The van der Waals surface area contributed by atoms with Crippen LogP contribution in [0.5, 0.6) is 0 Å². The highest BCUT2D eigenvalue weighted by Gasteiger charge is 2.36. The zero-order chi connectivity index (χ0) is 20.1. The van der Waals surface area contributed by atoms with Crippen LogP contribution in [0.15, 0.2) is 40.8 Å². The SMILES string of the molecule is CC1CC1c1ccc(CNCc2cccc(NC(=O)CCN3CCOCC3)c2)o1. The molecule has 6 heteroatoms. The van der Waals surface area contributed by atoms with Gasteiger partial charge in [-0.25, -0.2) is 0 Å². The minimum atomic E-state index is 0.0546. The number of hydrogen-bond donors (Lipinski definition) is 2. The Bertz CT molecular complexity index is 813. The van der Waals surface area contributed by atoms with E-state index in [2.05, 4.69) is 40.7 Å². The van der Waals surface area contributed by atoms with E-state index >= 15 is 0 Å². The topological polar surface area (TPSA) is 66.7 Å². The van der Waals surface area contributed by atoms with Gasteiger partial charge in [0.05, 0.1) is 19.8 Å². The summed E-state index contributed by atoms with van der Waals surface area (Å²) in [5.74, 6) is 3.53. The molecule has 2 aromatic rings. The number of anilines is 1. The van der Waals surface area contributed by atoms with Crippen molar-refractivity contribution >= 4 is 11.6 Å². The standard InChI is InChI=1S/C23H31N3O3/c1-17-13-21(17)22-6-5-20(29-22)16-24-15-18-3-2-4-19(14-18)25-23(27)7-8-26-9-11-28-12-10-26/h2-6,14,17,21,24H,7-13,15-16H2,1H3,(H,25,27). The van der Waals surface area contributed by atoms with Crippen LogP contribution in [0.4, 0.5) is 5.69 Å². The number of furan rings is 1. The van der Waals surface area contributed by atoms with Crippen LogP contribution in [-0.2, 0) is 22.6 Å². The summed E-state index contributed by atoms with van der Waals surface area (Å²) in [5, 5.41) is 6.44. The lowest BCUT2D eigenvalue weighted by molar-refractivity contribution is -0.116. The van der Waals surface area contributed by atoms with E-state index in [4.69, 9.17) is 9.15 Å². The molecule has 0 spiro atoms. The highest BCUT2D eigenvalue weighted by molar-refractivity contribution is 5.90. The third-order valence-electron chi connectivity index (χ3n) is 5.76. The van der Waals surface area contributed by atoms with E-state index < -0.39 is 0 Å². The van der Waals surface area contributed by atoms with Crippen molar-refractivity contribution in [2.75, 3.05) is 38.2 Å². The fraction of sp³-hybridized carbons (Fsp3) is 0.522. The zero-order valence-electron chi connectivity index (χ0n) is 17.2. The molecule has 1 saturated carbocycles. The first-order chi connectivity index (χ1) is 14.2. The highest BCUT2D eigenvalue weighted by Crippen LogP contribution is 2.47. The normalized spacial score (nSPS) is 21.8. The van der Waals surface area contributed by atoms with Gasteiger partial charge < -0.3 is 19.8 Å². The Morgan fingerprint density at radius 2 is 2.00 bits per heavy atom. The van der Waals surface area contributed by atoms with Gasteiger partial charge in [-0.15, -0.1) is 0 Å². The Morgan fingerprint density at radius 1 is 1.17 bits per heavy atom. The maximum absolute atomic E-state index is 12.3. The van der Waals surface area contributed by atoms with Crippen LogP contribution >= 0.6 is 0 Å². The van der Waals surface area contributed by atoms with Crippen molar-refractivity contribution in [1.82, 2.24) is 10.2 Å². The first kappa shape index (κ1) is 20.1. The average Bonchev–Trinajstić information content (AvgIpc) is 3.28. The van der Waals surface area contributed by atoms with Crippen LogP contribution in [0.1, 0.15) is 42.8 Å². The number of amides is 1. The quantitative estimate of drug-likeness (QED) is 0.679. The Balaban J connectivity index is 1.19. The molecule has 29 heavy (non-hydrogen) atoms. The number of hydrogen-bond acceptors (Lipinski definition) is 5. The Kier molecular flexibility index (Phi) is 6.64. The molecule has 4 rings (SSSR count). The van der Waals surface area contributed by atoms with E-state index in [1.54, 1.807) is 0 Å². The molecular weight excluding hydrogens is 366 g/mol. The summed E-state index contributed by atoms with van der Waals surface area (Å²) in [5.41, 5.74) is 1.98. The summed E-state index contributed by atoms with van der Waals surface area (Å²) in [4.78, 5) is 14.5. The smallest absolute Gasteiger partial charge is 0.225 e. The number of nitrogens with zero attached hydrogens (tertiary/aromatic N) is 1. The molecule has 1 saturated heterocycles. The number of ether oxygens (including phenoxy) is 1. The van der Waals surface area contributed by atoms with E-state index in [1.165, 1.54) is 6.42 Å². The second kappa shape index (κ2) is 9.57. The average molecular weight is 398 g/mol. The zero-order valence-corrected chi connectivity index (χ0v) is 17.2. The second-order valence-electron chi connectivity index (χ2n) is 8.18. The van der Waals surface area contributed by atoms with Gasteiger partial charge in [0.2, 0.25) is 5.91 Å². The molecule has 2 atom stereocenters. The van der Waals surface area contributed by atoms with Crippen LogP contribution in [-0.4, -0.2) is 43.7 Å². The molecule has 1 aromatic carbocycles. The van der Waals surface area contributed by atoms with Crippen LogP contribution in [0.2, 0.25) is 0 Å². The third kappa shape index (κ3) is 5.92. The van der Waals surface area contributed by atoms with Gasteiger partial charge in [-0.05, 0) is 42.2 Å². The van der Waals surface area contributed by atoms with Crippen molar-refractivity contribution in [2.45, 2.75) is 38.8 Å². The Morgan fingerprint density at radius 3 is 2.79 bits per heavy atom. The van der Waals surface area contributed by atoms with E-state index in [1.807, 2.05) is 18.2 Å². The minimum Gasteiger partial charge on any atom is -0.464 e. The number of carbonyl (C=O) groups excluding carboxylic acids is 1. The molecule has 1 aliphatic carbocycles. The van der Waals surface area contributed by atoms with E-state index in [0.717, 1.165) is 68.1 Å². The predicted octanol–water partition coefficient (Wildman–Crippen LogP) is 3.35.